The van der Waals surface area contributed by atoms with Crippen LogP contribution in [0.4, 0.5) is 17.1 Å². The molecular weight excluding hydrogens is 782 g/mol. The molecule has 1 aliphatic carbocycles. The van der Waals surface area contributed by atoms with Gasteiger partial charge in [0.15, 0.2) is 0 Å². The summed E-state index contributed by atoms with van der Waals surface area (Å²) in [6, 6.07) is 37.7. The first-order valence-corrected chi connectivity index (χ1v) is 24.1. The van der Waals surface area contributed by atoms with E-state index in [9.17, 15) is 9.90 Å². The number of rotatable bonds is 19. The highest BCUT2D eigenvalue weighted by atomic mass is 16.3. The van der Waals surface area contributed by atoms with Gasteiger partial charge in [0.25, 0.3) is 7.41 Å². The minimum absolute atomic E-state index is 0.0484. The number of hydrogen-bond donors (Lipinski definition) is 4. The molecule has 2 unspecified atom stereocenters. The lowest BCUT2D eigenvalue weighted by Crippen LogP contribution is -2.46. The van der Waals surface area contributed by atoms with Gasteiger partial charge in [0.2, 0.25) is 5.78 Å². The van der Waals surface area contributed by atoms with Crippen LogP contribution in [-0.2, 0) is 17.6 Å². The summed E-state index contributed by atoms with van der Waals surface area (Å²) < 4.78 is 0. The first-order valence-electron chi connectivity index (χ1n) is 24.1. The van der Waals surface area contributed by atoms with E-state index in [4.69, 9.17) is 10.6 Å². The number of nitrogens with two attached hydrogens (primary N) is 1. The third kappa shape index (κ3) is 9.97. The summed E-state index contributed by atoms with van der Waals surface area (Å²) >= 11 is 0. The molecule has 0 spiro atoms. The fourth-order valence-electron chi connectivity index (χ4n) is 9.71. The number of ketones is 1. The van der Waals surface area contributed by atoms with E-state index in [2.05, 4.69) is 113 Å². The number of fused-ring (bicyclic) bond motifs is 1. The van der Waals surface area contributed by atoms with Crippen molar-refractivity contribution in [2.75, 3.05) is 16.2 Å². The van der Waals surface area contributed by atoms with Crippen LogP contribution in [0.25, 0.3) is 32.7 Å². The molecule has 6 aromatic carbocycles. The molecule has 8 heteroatoms. The molecule has 6 nitrogen and oxygen atoms in total. The van der Waals surface area contributed by atoms with Crippen LogP contribution in [0.15, 0.2) is 120 Å². The number of benzene rings is 6. The van der Waals surface area contributed by atoms with E-state index in [0.717, 1.165) is 69.0 Å². The van der Waals surface area contributed by atoms with Crippen LogP contribution in [0.1, 0.15) is 110 Å². The SMILES string of the molecule is CC(C)CCCC(C)CCc1ccc(BNc2cccc3ccc(C4=C(O)/C(=c5\ccc6cccc7c6c5=NB(c5ccc(CCC(C)CCCC(C)C)cc5)N7)C4=O)c(N)c23)cc1. The number of nitrogens with one attached hydrogen (secondary N) is 2. The molecule has 1 heterocycles. The summed E-state index contributed by atoms with van der Waals surface area (Å²) in [6.45, 7) is 13.6. The van der Waals surface area contributed by atoms with Crippen LogP contribution >= 0.6 is 0 Å². The molecule has 0 bridgehead atoms. The third-order valence-corrected chi connectivity index (χ3v) is 13.7. The highest BCUT2D eigenvalue weighted by Crippen LogP contribution is 2.42. The quantitative estimate of drug-likeness (QED) is 0.0481. The zero-order valence-corrected chi connectivity index (χ0v) is 38.9. The molecule has 2 atom stereocenters. The highest BCUT2D eigenvalue weighted by Gasteiger charge is 2.37. The van der Waals surface area contributed by atoms with Crippen molar-refractivity contribution >= 4 is 80.9 Å². The number of aliphatic hydroxyl groups is 1. The van der Waals surface area contributed by atoms with Gasteiger partial charge in [0.1, 0.15) is 5.76 Å². The third-order valence-electron chi connectivity index (χ3n) is 13.7. The summed E-state index contributed by atoms with van der Waals surface area (Å²) in [5.41, 5.74) is 15.3. The predicted octanol–water partition coefficient (Wildman–Crippen LogP) is 10.6. The van der Waals surface area contributed by atoms with Gasteiger partial charge < -0.3 is 26.2 Å². The van der Waals surface area contributed by atoms with Gasteiger partial charge in [-0.05, 0) is 88.8 Å². The summed E-state index contributed by atoms with van der Waals surface area (Å²) in [6.07, 6.45) is 12.4. The van der Waals surface area contributed by atoms with Crippen molar-refractivity contribution in [3.63, 3.8) is 0 Å². The Hall–Kier alpha value is -5.75. The average Bonchev–Trinajstić information content (AvgIpc) is 3.29. The number of hydrogen-bond acceptors (Lipinski definition) is 6. The number of allylic oxidation sites excluding steroid dienone is 2. The first kappa shape index (κ1) is 44.8. The van der Waals surface area contributed by atoms with E-state index in [1.807, 2.05) is 48.5 Å². The Morgan fingerprint density at radius 3 is 1.89 bits per heavy atom. The first-order chi connectivity index (χ1) is 30.9. The van der Waals surface area contributed by atoms with Gasteiger partial charge in [-0.2, -0.15) is 0 Å². The Labute approximate surface area is 382 Å². The lowest BCUT2D eigenvalue weighted by atomic mass is 9.67. The normalized spacial score (nSPS) is 15.4. The maximum Gasteiger partial charge on any atom is 0.427 e. The molecule has 5 N–H and O–H groups in total. The second kappa shape index (κ2) is 20.0. The standard InChI is InChI=1S/C56H66B2N4O2/c1-35(2)11-7-13-37(5)19-21-39-23-29-43(30-24-39)57-60-47-17-9-15-41-27-33-45(53(59)49(41)47)51-55(63)52(56(51)64)46-34-28-42-16-10-18-48-50(42)54(46)62-58(61-48)44-31-25-40(26-32-44)22-20-38(6)14-8-12-36(3)4/h9-10,15-18,23-38,57,60-61,63H,7-8,11-14,19-22,59H2,1-6H3/b52-46-. The molecule has 1 aliphatic heterocycles. The molecule has 2 aliphatic rings. The molecule has 328 valence electrons. The number of aryl methyl sites for hydroxylation is 2. The number of anilines is 3. The lowest BCUT2D eigenvalue weighted by Gasteiger charge is -2.25. The Kier molecular flexibility index (Phi) is 14.0. The van der Waals surface area contributed by atoms with E-state index in [-0.39, 0.29) is 29.7 Å². The van der Waals surface area contributed by atoms with Gasteiger partial charge in [-0.25, -0.2) is 0 Å². The van der Waals surface area contributed by atoms with E-state index >= 15 is 0 Å². The molecule has 0 saturated heterocycles. The minimum Gasteiger partial charge on any atom is -0.506 e. The Morgan fingerprint density at radius 1 is 0.672 bits per heavy atom. The van der Waals surface area contributed by atoms with Gasteiger partial charge in [0, 0.05) is 38.6 Å². The smallest absolute Gasteiger partial charge is 0.427 e. The molecule has 0 aromatic heterocycles. The minimum atomic E-state index is -0.345. The Balaban J connectivity index is 1.03. The Morgan fingerprint density at radius 2 is 1.27 bits per heavy atom. The van der Waals surface area contributed by atoms with Gasteiger partial charge in [-0.1, -0.05) is 183 Å². The van der Waals surface area contributed by atoms with Crippen molar-refractivity contribution in [2.24, 2.45) is 28.6 Å². The van der Waals surface area contributed by atoms with Crippen LogP contribution in [0.5, 0.6) is 0 Å². The Bertz CT molecular complexity index is 2800. The molecule has 0 saturated carbocycles. The number of nitrogens with zero attached hydrogens (tertiary/aromatic N) is 1. The van der Waals surface area contributed by atoms with Crippen molar-refractivity contribution in [2.45, 2.75) is 106 Å². The zero-order chi connectivity index (χ0) is 44.9. The second-order valence-corrected chi connectivity index (χ2v) is 19.7. The topological polar surface area (TPSA) is 99.7 Å². The molecular formula is C56H66B2N4O2. The predicted molar refractivity (Wildman–Crippen MR) is 276 cm³/mol. The van der Waals surface area contributed by atoms with Gasteiger partial charge in [-0.3, -0.25) is 4.79 Å². The maximum atomic E-state index is 14.3. The summed E-state index contributed by atoms with van der Waals surface area (Å²) in [5, 5.41) is 24.2. The van der Waals surface area contributed by atoms with Crippen molar-refractivity contribution in [1.29, 1.82) is 0 Å². The average molecular weight is 849 g/mol. The van der Waals surface area contributed by atoms with Crippen LogP contribution in [0, 0.1) is 23.7 Å². The van der Waals surface area contributed by atoms with Crippen molar-refractivity contribution in [3.05, 3.63) is 142 Å². The summed E-state index contributed by atoms with van der Waals surface area (Å²) in [5.74, 6) is 2.70. The molecule has 64 heavy (non-hydrogen) atoms. The molecule has 8 rings (SSSR count). The second-order valence-electron chi connectivity index (χ2n) is 19.7. The van der Waals surface area contributed by atoms with Gasteiger partial charge in [-0.15, -0.1) is 0 Å². The van der Waals surface area contributed by atoms with E-state index in [1.54, 1.807) is 0 Å². The highest BCUT2D eigenvalue weighted by molar-refractivity contribution is 6.75. The summed E-state index contributed by atoms with van der Waals surface area (Å²) in [7, 11) is 0.633. The number of carbonyl (C=O) groups excluding carboxylic acids is 1. The fourth-order valence-corrected chi connectivity index (χ4v) is 9.71. The van der Waals surface area contributed by atoms with Crippen LogP contribution < -0.4 is 37.7 Å². The fraction of sp³-hybridized carbons (Fsp3) is 0.357. The van der Waals surface area contributed by atoms with Gasteiger partial charge >= 0.3 is 6.98 Å². The van der Waals surface area contributed by atoms with Crippen LogP contribution in [0.2, 0.25) is 0 Å². The number of aliphatic hydroxyl groups excluding tert-OH is 1. The van der Waals surface area contributed by atoms with E-state index < -0.39 is 0 Å². The number of Topliss-reactive ketones (excluding diaryl/α,β-unsaturated/α-hetero) is 1. The van der Waals surface area contributed by atoms with E-state index in [1.165, 1.54) is 68.0 Å². The van der Waals surface area contributed by atoms with Crippen molar-refractivity contribution in [3.8, 4) is 0 Å². The summed E-state index contributed by atoms with van der Waals surface area (Å²) in [4.78, 5) is 19.6. The number of nitrogen functional groups attached to an aromatic ring is 1. The van der Waals surface area contributed by atoms with Crippen LogP contribution in [-0.4, -0.2) is 25.3 Å². The zero-order valence-electron chi connectivity index (χ0n) is 38.9. The van der Waals surface area contributed by atoms with Gasteiger partial charge in [0.05, 0.1) is 16.5 Å². The van der Waals surface area contributed by atoms with Crippen molar-refractivity contribution in [1.82, 2.24) is 0 Å². The van der Waals surface area contributed by atoms with Crippen LogP contribution in [0.3, 0.4) is 0 Å². The molecule has 0 radical (unpaired) electrons. The lowest BCUT2D eigenvalue weighted by molar-refractivity contribution is -0.109. The molecule has 6 aromatic rings. The largest absolute Gasteiger partial charge is 0.506 e. The maximum absolute atomic E-state index is 14.3. The molecule has 0 fully saturated rings. The molecule has 0 amide bonds. The number of carbonyl (C=O) groups is 1. The van der Waals surface area contributed by atoms with E-state index in [0.29, 0.717) is 35.2 Å². The van der Waals surface area contributed by atoms with Crippen molar-refractivity contribution < 1.29 is 9.90 Å². The monoisotopic (exact) mass is 849 g/mol.